The van der Waals surface area contributed by atoms with Crippen molar-refractivity contribution in [3.05, 3.63) is 29.6 Å². The SMILES string of the molecule is CC(C)(C)[C@@H](NC(=O)c1c(O)cccc1F)C(=O)O. The third-order valence-electron chi connectivity index (χ3n) is 2.61. The van der Waals surface area contributed by atoms with Crippen LogP contribution < -0.4 is 5.32 Å². The zero-order chi connectivity index (χ0) is 14.8. The van der Waals surface area contributed by atoms with Gasteiger partial charge >= 0.3 is 5.97 Å². The Bertz CT molecular complexity index is 488. The Balaban J connectivity index is 3.05. The molecule has 6 heteroatoms. The summed E-state index contributed by atoms with van der Waals surface area (Å²) in [5.74, 6) is -3.62. The van der Waals surface area contributed by atoms with Crippen molar-refractivity contribution in [1.29, 1.82) is 0 Å². The maximum absolute atomic E-state index is 13.5. The highest BCUT2D eigenvalue weighted by atomic mass is 19.1. The van der Waals surface area contributed by atoms with Crippen LogP contribution >= 0.6 is 0 Å². The summed E-state index contributed by atoms with van der Waals surface area (Å²) in [6, 6.07) is 2.23. The summed E-state index contributed by atoms with van der Waals surface area (Å²) in [5.41, 5.74) is -1.31. The van der Waals surface area contributed by atoms with Crippen LogP contribution in [-0.4, -0.2) is 28.1 Å². The second-order valence-electron chi connectivity index (χ2n) is 5.24. The predicted molar refractivity (Wildman–Crippen MR) is 66.4 cm³/mol. The molecular weight excluding hydrogens is 253 g/mol. The lowest BCUT2D eigenvalue weighted by molar-refractivity contribution is -0.142. The minimum absolute atomic E-state index is 0.532. The number of hydrogen-bond acceptors (Lipinski definition) is 3. The topological polar surface area (TPSA) is 86.6 Å². The van der Waals surface area contributed by atoms with E-state index in [-0.39, 0.29) is 0 Å². The van der Waals surface area contributed by atoms with Crippen LogP contribution in [0.4, 0.5) is 4.39 Å². The Kier molecular flexibility index (Phi) is 4.14. The smallest absolute Gasteiger partial charge is 0.326 e. The van der Waals surface area contributed by atoms with Crippen molar-refractivity contribution in [1.82, 2.24) is 5.32 Å². The van der Waals surface area contributed by atoms with Crippen molar-refractivity contribution in [3.63, 3.8) is 0 Å². The number of rotatable bonds is 3. The number of carboxylic acid groups (broad SMARTS) is 1. The van der Waals surface area contributed by atoms with Gasteiger partial charge in [0.25, 0.3) is 5.91 Å². The monoisotopic (exact) mass is 269 g/mol. The summed E-state index contributed by atoms with van der Waals surface area (Å²) in [5, 5.41) is 20.8. The molecule has 1 atom stereocenters. The molecule has 3 N–H and O–H groups in total. The number of halogens is 1. The van der Waals surface area contributed by atoms with E-state index in [2.05, 4.69) is 5.32 Å². The van der Waals surface area contributed by atoms with E-state index in [0.29, 0.717) is 0 Å². The van der Waals surface area contributed by atoms with Gasteiger partial charge in [-0.1, -0.05) is 26.8 Å². The Hall–Kier alpha value is -2.11. The molecule has 0 radical (unpaired) electrons. The van der Waals surface area contributed by atoms with Crippen LogP contribution in [0, 0.1) is 11.2 Å². The zero-order valence-corrected chi connectivity index (χ0v) is 10.9. The quantitative estimate of drug-likeness (QED) is 0.780. The van der Waals surface area contributed by atoms with E-state index < -0.39 is 40.5 Å². The number of phenols is 1. The van der Waals surface area contributed by atoms with Crippen LogP contribution in [0.25, 0.3) is 0 Å². The van der Waals surface area contributed by atoms with Crippen molar-refractivity contribution in [2.24, 2.45) is 5.41 Å². The standard InChI is InChI=1S/C13H16FNO4/c1-13(2,3)10(12(18)19)15-11(17)9-7(14)5-4-6-8(9)16/h4-6,10,16H,1-3H3,(H,15,17)(H,18,19)/t10-/m0/s1. The van der Waals surface area contributed by atoms with Crippen molar-refractivity contribution in [3.8, 4) is 5.75 Å². The van der Waals surface area contributed by atoms with Gasteiger partial charge in [0.05, 0.1) is 0 Å². The fourth-order valence-corrected chi connectivity index (χ4v) is 1.59. The number of aromatic hydroxyl groups is 1. The Morgan fingerprint density at radius 1 is 1.32 bits per heavy atom. The molecule has 0 saturated carbocycles. The molecule has 0 aliphatic heterocycles. The lowest BCUT2D eigenvalue weighted by Crippen LogP contribution is -2.49. The van der Waals surface area contributed by atoms with Gasteiger partial charge in [0, 0.05) is 0 Å². The number of phenolic OH excluding ortho intramolecular Hbond substituents is 1. The first-order valence-electron chi connectivity index (χ1n) is 5.65. The van der Waals surface area contributed by atoms with Crippen molar-refractivity contribution < 1.29 is 24.2 Å². The molecule has 0 bridgehead atoms. The normalized spacial score (nSPS) is 12.8. The molecule has 0 aliphatic carbocycles. The third kappa shape index (κ3) is 3.43. The average Bonchev–Trinajstić information content (AvgIpc) is 2.23. The first-order chi connectivity index (χ1) is 8.64. The second-order valence-corrected chi connectivity index (χ2v) is 5.24. The number of benzene rings is 1. The molecule has 0 saturated heterocycles. The van der Waals surface area contributed by atoms with Gasteiger partial charge in [-0.25, -0.2) is 9.18 Å². The highest BCUT2D eigenvalue weighted by Crippen LogP contribution is 2.23. The first kappa shape index (κ1) is 14.9. The largest absolute Gasteiger partial charge is 0.507 e. The molecule has 104 valence electrons. The van der Waals surface area contributed by atoms with E-state index in [1.54, 1.807) is 20.8 Å². The Labute approximate surface area is 110 Å². The number of hydrogen-bond donors (Lipinski definition) is 3. The fraction of sp³-hybridized carbons (Fsp3) is 0.385. The number of carbonyl (C=O) groups is 2. The Morgan fingerprint density at radius 3 is 2.32 bits per heavy atom. The van der Waals surface area contributed by atoms with Gasteiger partial charge in [0.15, 0.2) is 0 Å². The third-order valence-corrected chi connectivity index (χ3v) is 2.61. The zero-order valence-electron chi connectivity index (χ0n) is 10.9. The molecule has 5 nitrogen and oxygen atoms in total. The number of amides is 1. The number of nitrogens with one attached hydrogen (secondary N) is 1. The van der Waals surface area contributed by atoms with Gasteiger partial charge in [-0.05, 0) is 17.5 Å². The van der Waals surface area contributed by atoms with Crippen molar-refractivity contribution in [2.75, 3.05) is 0 Å². The molecule has 19 heavy (non-hydrogen) atoms. The van der Waals surface area contributed by atoms with Crippen LogP contribution in [0.1, 0.15) is 31.1 Å². The molecule has 0 aliphatic rings. The van der Waals surface area contributed by atoms with E-state index in [4.69, 9.17) is 5.11 Å². The summed E-state index contributed by atoms with van der Waals surface area (Å²) in [6.07, 6.45) is 0. The lowest BCUT2D eigenvalue weighted by atomic mass is 9.86. The van der Waals surface area contributed by atoms with Gasteiger partial charge < -0.3 is 15.5 Å². The second kappa shape index (κ2) is 5.26. The van der Waals surface area contributed by atoms with Crippen LogP contribution in [0.15, 0.2) is 18.2 Å². The Morgan fingerprint density at radius 2 is 1.89 bits per heavy atom. The molecule has 1 aromatic carbocycles. The van der Waals surface area contributed by atoms with Gasteiger partial charge in [-0.3, -0.25) is 4.79 Å². The average molecular weight is 269 g/mol. The van der Waals surface area contributed by atoms with Crippen molar-refractivity contribution >= 4 is 11.9 Å². The van der Waals surface area contributed by atoms with E-state index in [1.165, 1.54) is 6.07 Å². The molecule has 1 amide bonds. The van der Waals surface area contributed by atoms with Crippen LogP contribution in [0.2, 0.25) is 0 Å². The summed E-state index contributed by atoms with van der Waals surface area (Å²) in [7, 11) is 0. The van der Waals surface area contributed by atoms with E-state index in [1.807, 2.05) is 0 Å². The summed E-state index contributed by atoms with van der Waals surface area (Å²) >= 11 is 0. The van der Waals surface area contributed by atoms with Crippen LogP contribution in [0.5, 0.6) is 5.75 Å². The molecule has 0 unspecified atom stereocenters. The van der Waals surface area contributed by atoms with E-state index >= 15 is 0 Å². The number of carbonyl (C=O) groups excluding carboxylic acids is 1. The van der Waals surface area contributed by atoms with E-state index in [0.717, 1.165) is 12.1 Å². The van der Waals surface area contributed by atoms with Crippen LogP contribution in [0.3, 0.4) is 0 Å². The predicted octanol–water partition coefficient (Wildman–Crippen LogP) is 1.76. The summed E-state index contributed by atoms with van der Waals surface area (Å²) < 4.78 is 13.5. The van der Waals surface area contributed by atoms with E-state index in [9.17, 15) is 19.1 Å². The van der Waals surface area contributed by atoms with Gasteiger partial charge in [-0.2, -0.15) is 0 Å². The first-order valence-corrected chi connectivity index (χ1v) is 5.65. The fourth-order valence-electron chi connectivity index (χ4n) is 1.59. The molecule has 1 rings (SSSR count). The van der Waals surface area contributed by atoms with Gasteiger partial charge in [0.1, 0.15) is 23.2 Å². The molecule has 0 heterocycles. The molecule has 0 fully saturated rings. The van der Waals surface area contributed by atoms with Crippen molar-refractivity contribution in [2.45, 2.75) is 26.8 Å². The minimum atomic E-state index is -1.23. The molecule has 0 aromatic heterocycles. The van der Waals surface area contributed by atoms with Gasteiger partial charge in [0.2, 0.25) is 0 Å². The number of carboxylic acids is 1. The van der Waals surface area contributed by atoms with Gasteiger partial charge in [-0.15, -0.1) is 0 Å². The minimum Gasteiger partial charge on any atom is -0.507 e. The highest BCUT2D eigenvalue weighted by molar-refractivity contribution is 5.99. The molecule has 1 aromatic rings. The molecular formula is C13H16FNO4. The summed E-state index contributed by atoms with van der Waals surface area (Å²) in [6.45, 7) is 4.90. The summed E-state index contributed by atoms with van der Waals surface area (Å²) in [4.78, 5) is 23.0. The molecule has 0 spiro atoms. The maximum atomic E-state index is 13.5. The number of aliphatic carboxylic acids is 1. The highest BCUT2D eigenvalue weighted by Gasteiger charge is 2.33. The maximum Gasteiger partial charge on any atom is 0.326 e. The van der Waals surface area contributed by atoms with Crippen LogP contribution in [-0.2, 0) is 4.79 Å². The lowest BCUT2D eigenvalue weighted by Gasteiger charge is -2.27.